The number of nitrogens with zero attached hydrogens (tertiary/aromatic N) is 2. The van der Waals surface area contributed by atoms with E-state index in [1.807, 2.05) is 0 Å². The van der Waals surface area contributed by atoms with Gasteiger partial charge in [0.2, 0.25) is 5.39 Å². The Kier molecular flexibility index (Phi) is 6.34. The summed E-state index contributed by atoms with van der Waals surface area (Å²) in [4.78, 5) is 2.78. The summed E-state index contributed by atoms with van der Waals surface area (Å²) in [6.07, 6.45) is 0. The smallest absolute Gasteiger partial charge is 0.397 e. The summed E-state index contributed by atoms with van der Waals surface area (Å²) in [5.41, 5.74) is 0.183. The van der Waals surface area contributed by atoms with Gasteiger partial charge >= 0.3 is 16.1 Å². The highest BCUT2D eigenvalue weighted by Crippen LogP contribution is 2.17. The van der Waals surface area contributed by atoms with Crippen molar-refractivity contribution in [1.29, 1.82) is 5.39 Å². The molecular weight excluding hydrogens is 320 g/mol. The highest BCUT2D eigenvalue weighted by Gasteiger charge is 2.17. The second kappa shape index (κ2) is 6.78. The first-order valence-corrected chi connectivity index (χ1v) is 7.56. The van der Waals surface area contributed by atoms with Crippen LogP contribution in [0.25, 0.3) is 4.98 Å². The molecule has 1 N–H and O–H groups in total. The zero-order valence-electron chi connectivity index (χ0n) is 9.30. The standard InChI is InChI=1S/C8H8N2O6S2.ClH/c9-10-7-1-3-8(4-2-7)17(11,12)6-5-16-18(13,14)15;/h1-4H,5-6H2;1H. The van der Waals surface area contributed by atoms with Crippen LogP contribution in [0.5, 0.6) is 0 Å². The van der Waals surface area contributed by atoms with E-state index in [2.05, 4.69) is 9.16 Å². The third-order valence-corrected chi connectivity index (χ3v) is 4.05. The molecule has 8 nitrogen and oxygen atoms in total. The molecule has 1 aromatic rings. The van der Waals surface area contributed by atoms with E-state index in [0.29, 0.717) is 0 Å². The van der Waals surface area contributed by atoms with Crippen LogP contribution in [0, 0.1) is 5.39 Å². The Hall–Kier alpha value is -1.25. The molecule has 0 bridgehead atoms. The maximum Gasteiger partial charge on any atom is 0.397 e. The third kappa shape index (κ3) is 5.95. The number of rotatable bonds is 5. The Morgan fingerprint density at radius 3 is 2.11 bits per heavy atom. The van der Waals surface area contributed by atoms with Crippen LogP contribution in [0.15, 0.2) is 29.2 Å². The molecule has 0 radical (unpaired) electrons. The Labute approximate surface area is 116 Å². The zero-order valence-corrected chi connectivity index (χ0v) is 11.7. The van der Waals surface area contributed by atoms with Crippen molar-refractivity contribution in [2.75, 3.05) is 12.4 Å². The lowest BCUT2D eigenvalue weighted by atomic mass is 10.3. The van der Waals surface area contributed by atoms with Gasteiger partial charge in [0.05, 0.1) is 17.3 Å². The molecular formula is C8H9ClN2O6S2. The van der Waals surface area contributed by atoms with E-state index in [-0.39, 0.29) is 23.0 Å². The van der Waals surface area contributed by atoms with Gasteiger partial charge in [0.25, 0.3) is 0 Å². The summed E-state index contributed by atoms with van der Waals surface area (Å²) in [5, 5.41) is 8.42. The minimum absolute atomic E-state index is 0. The maximum absolute atomic E-state index is 11.7. The predicted octanol–water partition coefficient (Wildman–Crippen LogP) is -2.23. The molecule has 0 heterocycles. The number of benzene rings is 1. The van der Waals surface area contributed by atoms with Crippen molar-refractivity contribution in [1.82, 2.24) is 0 Å². The molecule has 0 unspecified atom stereocenters. The average Bonchev–Trinajstić information content (AvgIpc) is 2.27. The summed E-state index contributed by atoms with van der Waals surface area (Å²) < 4.78 is 56.0. The number of diazo groups is 1. The van der Waals surface area contributed by atoms with Gasteiger partial charge in [-0.2, -0.15) is 8.42 Å². The maximum atomic E-state index is 11.7. The summed E-state index contributed by atoms with van der Waals surface area (Å²) in [7, 11) is -8.38. The normalized spacial score (nSPS) is 11.4. The van der Waals surface area contributed by atoms with Gasteiger partial charge in [-0.05, 0) is 12.1 Å². The van der Waals surface area contributed by atoms with Crippen LogP contribution in [-0.4, -0.2) is 33.7 Å². The van der Waals surface area contributed by atoms with Gasteiger partial charge in [-0.1, -0.05) is 0 Å². The minimum Gasteiger partial charge on any atom is -1.00 e. The lowest BCUT2D eigenvalue weighted by molar-refractivity contribution is -0.0000129. The van der Waals surface area contributed by atoms with Crippen molar-refractivity contribution in [3.63, 3.8) is 0 Å². The van der Waals surface area contributed by atoms with Crippen molar-refractivity contribution < 1.29 is 38.0 Å². The van der Waals surface area contributed by atoms with Crippen LogP contribution in [0.2, 0.25) is 0 Å². The van der Waals surface area contributed by atoms with Gasteiger partial charge in [0.1, 0.15) is 0 Å². The van der Waals surface area contributed by atoms with Gasteiger partial charge in [-0.3, -0.25) is 4.55 Å². The van der Waals surface area contributed by atoms with E-state index < -0.39 is 32.6 Å². The molecule has 0 aliphatic rings. The molecule has 0 aromatic heterocycles. The van der Waals surface area contributed by atoms with Gasteiger partial charge < -0.3 is 12.4 Å². The third-order valence-electron chi connectivity index (χ3n) is 1.90. The number of halogens is 1. The molecule has 0 saturated heterocycles. The highest BCUT2D eigenvalue weighted by molar-refractivity contribution is 7.91. The molecule has 11 heteroatoms. The summed E-state index contributed by atoms with van der Waals surface area (Å²) >= 11 is 0. The monoisotopic (exact) mass is 328 g/mol. The lowest BCUT2D eigenvalue weighted by Gasteiger charge is -2.02. The van der Waals surface area contributed by atoms with E-state index >= 15 is 0 Å². The molecule has 106 valence electrons. The predicted molar refractivity (Wildman–Crippen MR) is 60.7 cm³/mol. The molecule has 1 rings (SSSR count). The van der Waals surface area contributed by atoms with E-state index in [1.54, 1.807) is 0 Å². The molecule has 0 saturated carbocycles. The fourth-order valence-electron chi connectivity index (χ4n) is 1.09. The lowest BCUT2D eigenvalue weighted by Crippen LogP contribution is -3.00. The molecule has 0 atom stereocenters. The van der Waals surface area contributed by atoms with E-state index in [1.165, 1.54) is 24.3 Å². The molecule has 0 fully saturated rings. The van der Waals surface area contributed by atoms with Crippen LogP contribution < -0.4 is 12.4 Å². The van der Waals surface area contributed by atoms with Gasteiger partial charge in [0, 0.05) is 12.1 Å². The second-order valence-electron chi connectivity index (χ2n) is 3.16. The fraction of sp³-hybridized carbons (Fsp3) is 0.250. The largest absolute Gasteiger partial charge is 1.00 e. The quantitative estimate of drug-likeness (QED) is 0.478. The highest BCUT2D eigenvalue weighted by atomic mass is 35.5. The Bertz CT molecular complexity index is 662. The van der Waals surface area contributed by atoms with E-state index in [0.717, 1.165) is 0 Å². The zero-order chi connectivity index (χ0) is 13.8. The van der Waals surface area contributed by atoms with Crippen LogP contribution in [0.1, 0.15) is 0 Å². The SMILES string of the molecule is N#[N+]c1ccc(S(=O)(=O)CCOS(=O)(=O)O)cc1.[Cl-]. The summed E-state index contributed by atoms with van der Waals surface area (Å²) in [6.45, 7) is -0.687. The van der Waals surface area contributed by atoms with Gasteiger partial charge in [-0.15, -0.1) is 0 Å². The Morgan fingerprint density at radius 2 is 1.68 bits per heavy atom. The molecule has 0 spiro atoms. The Morgan fingerprint density at radius 1 is 1.16 bits per heavy atom. The number of hydrogen-bond acceptors (Lipinski definition) is 6. The van der Waals surface area contributed by atoms with Crippen molar-refractivity contribution >= 4 is 25.9 Å². The first-order chi connectivity index (χ1) is 8.24. The average molecular weight is 329 g/mol. The van der Waals surface area contributed by atoms with Crippen molar-refractivity contribution in [3.8, 4) is 0 Å². The van der Waals surface area contributed by atoms with Gasteiger partial charge in [-0.25, -0.2) is 12.6 Å². The van der Waals surface area contributed by atoms with Crippen molar-refractivity contribution in [3.05, 3.63) is 29.2 Å². The first kappa shape index (κ1) is 17.8. The first-order valence-electron chi connectivity index (χ1n) is 4.54. The molecule has 0 aliphatic carbocycles. The molecule has 1 aromatic carbocycles. The van der Waals surface area contributed by atoms with E-state index in [9.17, 15) is 16.8 Å². The Balaban J connectivity index is 0.00000324. The van der Waals surface area contributed by atoms with E-state index in [4.69, 9.17) is 9.95 Å². The minimum atomic E-state index is -4.65. The molecule has 19 heavy (non-hydrogen) atoms. The van der Waals surface area contributed by atoms with Crippen LogP contribution >= 0.6 is 0 Å². The van der Waals surface area contributed by atoms with Crippen LogP contribution in [0.4, 0.5) is 5.69 Å². The number of hydrogen-bond donors (Lipinski definition) is 1. The topological polar surface area (TPSA) is 126 Å². The molecule has 0 amide bonds. The molecule has 0 aliphatic heterocycles. The second-order valence-corrected chi connectivity index (χ2v) is 6.36. The van der Waals surface area contributed by atoms with Crippen LogP contribution in [-0.2, 0) is 24.4 Å². The summed E-state index contributed by atoms with van der Waals surface area (Å²) in [6, 6.07) is 4.96. The van der Waals surface area contributed by atoms with Crippen molar-refractivity contribution in [2.45, 2.75) is 4.90 Å². The van der Waals surface area contributed by atoms with Crippen LogP contribution in [0.3, 0.4) is 0 Å². The van der Waals surface area contributed by atoms with Gasteiger partial charge in [0.15, 0.2) is 14.8 Å². The number of sulfone groups is 1. The van der Waals surface area contributed by atoms with Crippen molar-refractivity contribution in [2.24, 2.45) is 0 Å². The fourth-order valence-corrected chi connectivity index (χ4v) is 2.58. The summed E-state index contributed by atoms with van der Waals surface area (Å²) in [5.74, 6) is -0.609.